The van der Waals surface area contributed by atoms with E-state index in [2.05, 4.69) is 25.3 Å². The number of carbonyl (C=O) groups is 1. The van der Waals surface area contributed by atoms with E-state index in [9.17, 15) is 18.0 Å². The van der Waals surface area contributed by atoms with Crippen molar-refractivity contribution in [2.24, 2.45) is 0 Å². The average molecular weight is 594 g/mol. The number of aromatic nitrogens is 2. The Morgan fingerprint density at radius 3 is 2.62 bits per heavy atom. The predicted molar refractivity (Wildman–Crippen MR) is 147 cm³/mol. The molecule has 2 N–H and O–H groups in total. The van der Waals surface area contributed by atoms with Crippen LogP contribution in [0.5, 0.6) is 5.75 Å². The molecule has 0 radical (unpaired) electrons. The molecule has 3 saturated heterocycles. The van der Waals surface area contributed by atoms with E-state index in [1.807, 2.05) is 4.90 Å². The molecule has 0 bridgehead atoms. The maximum absolute atomic E-state index is 13.2. The molecule has 5 rings (SSSR count). The Bertz CT molecular complexity index is 1160. The molecule has 3 aliphatic rings. The number of hydrogen-bond acceptors (Lipinski definition) is 9. The van der Waals surface area contributed by atoms with Gasteiger partial charge in [-0.15, -0.1) is 13.2 Å². The summed E-state index contributed by atoms with van der Waals surface area (Å²) in [5.74, 6) is 0.159. The van der Waals surface area contributed by atoms with Crippen molar-refractivity contribution in [3.8, 4) is 5.75 Å². The van der Waals surface area contributed by atoms with Gasteiger partial charge in [0.2, 0.25) is 0 Å². The van der Waals surface area contributed by atoms with Crippen LogP contribution in [0, 0.1) is 0 Å². The lowest BCUT2D eigenvalue weighted by molar-refractivity contribution is -0.274. The van der Waals surface area contributed by atoms with Crippen molar-refractivity contribution in [2.45, 2.75) is 75.3 Å². The molecule has 4 atom stereocenters. The number of carbonyl (C=O) groups excluding carboxylic acids is 1. The van der Waals surface area contributed by atoms with Crippen LogP contribution in [0.1, 0.15) is 60.7 Å². The van der Waals surface area contributed by atoms with Crippen molar-refractivity contribution in [1.29, 1.82) is 0 Å². The van der Waals surface area contributed by atoms with Gasteiger partial charge in [0.15, 0.2) is 0 Å². The lowest BCUT2D eigenvalue weighted by Crippen LogP contribution is -2.54. The average Bonchev–Trinajstić information content (AvgIpc) is 3.00. The highest BCUT2D eigenvalue weighted by atomic mass is 19.4. The molecule has 2 aromatic rings. The first-order valence-corrected chi connectivity index (χ1v) is 14.5. The smallest absolute Gasteiger partial charge is 0.406 e. The van der Waals surface area contributed by atoms with Crippen molar-refractivity contribution in [2.75, 3.05) is 45.3 Å². The lowest BCUT2D eigenvalue weighted by Gasteiger charge is -2.38. The molecular formula is C29H38F3N5O5. The predicted octanol–water partition coefficient (Wildman–Crippen LogP) is 4.10. The first-order valence-electron chi connectivity index (χ1n) is 14.5. The third-order valence-electron chi connectivity index (χ3n) is 8.07. The monoisotopic (exact) mass is 593 g/mol. The van der Waals surface area contributed by atoms with Crippen LogP contribution in [0.25, 0.3) is 0 Å². The topological polar surface area (TPSA) is 107 Å². The van der Waals surface area contributed by atoms with Gasteiger partial charge < -0.3 is 34.5 Å². The Hall–Kier alpha value is -3.00. The zero-order valence-corrected chi connectivity index (χ0v) is 23.6. The number of nitrogens with one attached hydrogen (secondary N) is 2. The Morgan fingerprint density at radius 2 is 1.88 bits per heavy atom. The van der Waals surface area contributed by atoms with Crippen LogP contribution in [0.4, 0.5) is 19.0 Å². The number of amides is 1. The Morgan fingerprint density at radius 1 is 1.10 bits per heavy atom. The molecule has 0 saturated carbocycles. The van der Waals surface area contributed by atoms with Gasteiger partial charge in [0.1, 0.15) is 23.6 Å². The van der Waals surface area contributed by atoms with E-state index in [0.29, 0.717) is 43.8 Å². The number of benzene rings is 1. The van der Waals surface area contributed by atoms with Gasteiger partial charge in [0, 0.05) is 51.5 Å². The molecular weight excluding hydrogens is 555 g/mol. The van der Waals surface area contributed by atoms with Gasteiger partial charge >= 0.3 is 6.36 Å². The van der Waals surface area contributed by atoms with Crippen molar-refractivity contribution in [3.05, 3.63) is 47.9 Å². The summed E-state index contributed by atoms with van der Waals surface area (Å²) in [4.78, 5) is 23.5. The molecule has 10 nitrogen and oxygen atoms in total. The van der Waals surface area contributed by atoms with Gasteiger partial charge in [0.05, 0.1) is 24.9 Å². The molecule has 3 fully saturated rings. The van der Waals surface area contributed by atoms with Gasteiger partial charge in [-0.05, 0) is 56.2 Å². The second-order valence-electron chi connectivity index (χ2n) is 10.9. The maximum Gasteiger partial charge on any atom is 0.573 e. The molecule has 0 aliphatic carbocycles. The highest BCUT2D eigenvalue weighted by molar-refractivity contribution is 5.93. The number of alkyl halides is 3. The minimum absolute atomic E-state index is 0.0449. The van der Waals surface area contributed by atoms with Crippen LogP contribution in [-0.4, -0.2) is 91.4 Å². The third-order valence-corrected chi connectivity index (χ3v) is 8.07. The molecule has 4 unspecified atom stereocenters. The van der Waals surface area contributed by atoms with Gasteiger partial charge in [0.25, 0.3) is 5.91 Å². The molecule has 1 aromatic heterocycles. The van der Waals surface area contributed by atoms with Crippen molar-refractivity contribution >= 4 is 11.7 Å². The van der Waals surface area contributed by atoms with Crippen molar-refractivity contribution in [1.82, 2.24) is 20.2 Å². The lowest BCUT2D eigenvalue weighted by atomic mass is 9.98. The van der Waals surface area contributed by atoms with E-state index in [1.54, 1.807) is 25.3 Å². The summed E-state index contributed by atoms with van der Waals surface area (Å²) < 4.78 is 58.6. The molecule has 1 aromatic carbocycles. The summed E-state index contributed by atoms with van der Waals surface area (Å²) >= 11 is 0. The van der Waals surface area contributed by atoms with Crippen LogP contribution in [0.2, 0.25) is 0 Å². The number of nitrogens with zero attached hydrogens (tertiary/aromatic N) is 3. The summed E-state index contributed by atoms with van der Waals surface area (Å²) in [6.45, 7) is 3.09. The fraction of sp³-hybridized carbons (Fsp3) is 0.621. The SMILES string of the molecule is COC1COCCC1NC1CCN(C(=O)c2cc(NCC3CCCC(c4ccc(OC(F)(F)F)cc4)O3)ncn2)CC1. The summed E-state index contributed by atoms with van der Waals surface area (Å²) in [5.41, 5.74) is 1.14. The number of halogens is 3. The van der Waals surface area contributed by atoms with Gasteiger partial charge in [-0.25, -0.2) is 9.97 Å². The molecule has 0 spiro atoms. The standard InChI is InChI=1S/C29H38F3N5O5/c1-39-26-17-40-14-11-23(26)36-20-9-12-37(13-10-20)28(38)24-15-27(35-18-34-24)33-16-22-3-2-4-25(41-22)19-5-7-21(8-6-19)42-29(30,31)32/h5-8,15,18,20,22-23,25-26,36H,2-4,9-14,16-17H2,1H3,(H,33,34,35). The normalized spacial score (nSPS) is 25.7. The van der Waals surface area contributed by atoms with Crippen molar-refractivity contribution < 1.29 is 36.9 Å². The number of anilines is 1. The third kappa shape index (κ3) is 8.30. The highest BCUT2D eigenvalue weighted by Gasteiger charge is 2.32. The zero-order valence-electron chi connectivity index (χ0n) is 23.6. The van der Waals surface area contributed by atoms with E-state index in [0.717, 1.165) is 50.7 Å². The van der Waals surface area contributed by atoms with E-state index < -0.39 is 6.36 Å². The van der Waals surface area contributed by atoms with Gasteiger partial charge in [-0.1, -0.05) is 12.1 Å². The second kappa shape index (κ2) is 14.0. The minimum Gasteiger partial charge on any atom is -0.406 e. The molecule has 3 aliphatic heterocycles. The fourth-order valence-corrected chi connectivity index (χ4v) is 5.82. The number of methoxy groups -OCH3 is 1. The summed E-state index contributed by atoms with van der Waals surface area (Å²) in [6.07, 6.45) is 1.50. The van der Waals surface area contributed by atoms with Crippen LogP contribution < -0.4 is 15.4 Å². The summed E-state index contributed by atoms with van der Waals surface area (Å²) in [7, 11) is 1.71. The summed E-state index contributed by atoms with van der Waals surface area (Å²) in [6, 6.07) is 8.05. The highest BCUT2D eigenvalue weighted by Crippen LogP contribution is 2.33. The first kappa shape index (κ1) is 30.5. The number of rotatable bonds is 9. The number of hydrogen-bond donors (Lipinski definition) is 2. The molecule has 4 heterocycles. The van der Waals surface area contributed by atoms with Crippen molar-refractivity contribution in [3.63, 3.8) is 0 Å². The first-order chi connectivity index (χ1) is 20.3. The fourth-order valence-electron chi connectivity index (χ4n) is 5.82. The van der Waals surface area contributed by atoms with E-state index in [1.165, 1.54) is 18.5 Å². The van der Waals surface area contributed by atoms with E-state index in [4.69, 9.17) is 14.2 Å². The van der Waals surface area contributed by atoms with Crippen LogP contribution in [0.3, 0.4) is 0 Å². The minimum atomic E-state index is -4.72. The summed E-state index contributed by atoms with van der Waals surface area (Å²) in [5, 5.41) is 6.96. The van der Waals surface area contributed by atoms with Crippen LogP contribution in [0.15, 0.2) is 36.7 Å². The van der Waals surface area contributed by atoms with E-state index >= 15 is 0 Å². The molecule has 230 valence electrons. The Balaban J connectivity index is 1.09. The van der Waals surface area contributed by atoms with E-state index in [-0.39, 0.29) is 36.0 Å². The van der Waals surface area contributed by atoms with Gasteiger partial charge in [-0.2, -0.15) is 0 Å². The Kier molecular flexibility index (Phi) is 10.1. The maximum atomic E-state index is 13.2. The number of likely N-dealkylation sites (tertiary alicyclic amines) is 1. The number of ether oxygens (including phenoxy) is 4. The van der Waals surface area contributed by atoms with Crippen LogP contribution >= 0.6 is 0 Å². The number of piperidine rings is 1. The second-order valence-corrected chi connectivity index (χ2v) is 10.9. The molecule has 1 amide bonds. The Labute approximate surface area is 243 Å². The molecule has 42 heavy (non-hydrogen) atoms. The van der Waals surface area contributed by atoms with Crippen LogP contribution in [-0.2, 0) is 14.2 Å². The zero-order chi connectivity index (χ0) is 29.5. The quantitative estimate of drug-likeness (QED) is 0.445. The molecule has 13 heteroatoms. The largest absolute Gasteiger partial charge is 0.573 e. The van der Waals surface area contributed by atoms with Gasteiger partial charge in [-0.3, -0.25) is 4.79 Å².